The van der Waals surface area contributed by atoms with Gasteiger partial charge in [-0.05, 0) is 24.7 Å². The van der Waals surface area contributed by atoms with Gasteiger partial charge in [-0.3, -0.25) is 4.99 Å². The fourth-order valence-corrected chi connectivity index (χ4v) is 2.32. The summed E-state index contributed by atoms with van der Waals surface area (Å²) in [5, 5.41) is 6.13. The van der Waals surface area contributed by atoms with Crippen molar-refractivity contribution in [1.82, 2.24) is 15.4 Å². The largest absolute Gasteiger partial charge is 0.353 e. The number of guanidine groups is 1. The molecular formula is C13H20N4O2S. The molecule has 0 aromatic heterocycles. The monoisotopic (exact) mass is 296 g/mol. The molecule has 3 N–H and O–H groups in total. The van der Waals surface area contributed by atoms with E-state index in [-0.39, 0.29) is 4.90 Å². The van der Waals surface area contributed by atoms with E-state index in [1.54, 1.807) is 31.3 Å². The lowest BCUT2D eigenvalue weighted by Gasteiger charge is -2.11. The first-order valence-corrected chi connectivity index (χ1v) is 7.59. The first kappa shape index (κ1) is 16.2. The molecule has 0 saturated heterocycles. The minimum atomic E-state index is -3.42. The predicted molar refractivity (Wildman–Crippen MR) is 81.1 cm³/mol. The Labute approximate surface area is 120 Å². The topological polar surface area (TPSA) is 82.6 Å². The van der Waals surface area contributed by atoms with Crippen LogP contribution in [0.4, 0.5) is 0 Å². The van der Waals surface area contributed by atoms with Gasteiger partial charge in [0.2, 0.25) is 10.0 Å². The van der Waals surface area contributed by atoms with Gasteiger partial charge in [-0.15, -0.1) is 6.58 Å². The predicted octanol–water partition coefficient (Wildman–Crippen LogP) is 0.446. The van der Waals surface area contributed by atoms with Crippen molar-refractivity contribution in [1.29, 1.82) is 0 Å². The van der Waals surface area contributed by atoms with Gasteiger partial charge in [0.25, 0.3) is 0 Å². The molecule has 1 aromatic carbocycles. The van der Waals surface area contributed by atoms with Crippen molar-refractivity contribution < 1.29 is 8.42 Å². The average Bonchev–Trinajstić information content (AvgIpc) is 2.48. The van der Waals surface area contributed by atoms with E-state index in [4.69, 9.17) is 0 Å². The molecule has 0 aliphatic heterocycles. The van der Waals surface area contributed by atoms with Crippen LogP contribution in [0.1, 0.15) is 5.56 Å². The number of rotatable bonds is 6. The minimum absolute atomic E-state index is 0.244. The molecule has 0 aliphatic carbocycles. The van der Waals surface area contributed by atoms with Crippen molar-refractivity contribution in [3.05, 3.63) is 42.5 Å². The molecule has 0 fully saturated rings. The second kappa shape index (κ2) is 7.66. The lowest BCUT2D eigenvalue weighted by molar-refractivity contribution is 0.588. The highest BCUT2D eigenvalue weighted by molar-refractivity contribution is 7.89. The Morgan fingerprint density at radius 2 is 2.15 bits per heavy atom. The maximum absolute atomic E-state index is 11.7. The summed E-state index contributed by atoms with van der Waals surface area (Å²) in [6.45, 7) is 4.70. The number of hydrogen-bond donors (Lipinski definition) is 3. The van der Waals surface area contributed by atoms with Crippen LogP contribution in [0.3, 0.4) is 0 Å². The van der Waals surface area contributed by atoms with Crippen LogP contribution >= 0.6 is 0 Å². The zero-order valence-corrected chi connectivity index (χ0v) is 12.5. The molecule has 0 amide bonds. The van der Waals surface area contributed by atoms with Gasteiger partial charge in [0.1, 0.15) is 0 Å². The molecule has 0 saturated carbocycles. The fraction of sp³-hybridized carbons (Fsp3) is 0.308. The third-order valence-corrected chi connectivity index (χ3v) is 3.99. The van der Waals surface area contributed by atoms with E-state index in [1.807, 2.05) is 6.07 Å². The summed E-state index contributed by atoms with van der Waals surface area (Å²) in [5.41, 5.74) is 0.850. The summed E-state index contributed by atoms with van der Waals surface area (Å²) in [4.78, 5) is 4.29. The zero-order chi connectivity index (χ0) is 15.0. The van der Waals surface area contributed by atoms with Crippen molar-refractivity contribution >= 4 is 16.0 Å². The molecule has 20 heavy (non-hydrogen) atoms. The minimum Gasteiger partial charge on any atom is -0.353 e. The quantitative estimate of drug-likeness (QED) is 0.404. The summed E-state index contributed by atoms with van der Waals surface area (Å²) in [7, 11) is -0.359. The summed E-state index contributed by atoms with van der Waals surface area (Å²) in [6.07, 6.45) is 1.73. The molecular weight excluding hydrogens is 276 g/mol. The van der Waals surface area contributed by atoms with Crippen LogP contribution in [0, 0.1) is 0 Å². The fourth-order valence-electron chi connectivity index (χ4n) is 1.52. The van der Waals surface area contributed by atoms with Crippen LogP contribution < -0.4 is 15.4 Å². The molecule has 0 spiro atoms. The number of sulfonamides is 1. The summed E-state index contributed by atoms with van der Waals surface area (Å²) < 4.78 is 25.7. The third-order valence-electron chi connectivity index (χ3n) is 2.57. The Kier molecular flexibility index (Phi) is 6.20. The lowest BCUT2D eigenvalue weighted by Crippen LogP contribution is -2.36. The van der Waals surface area contributed by atoms with Crippen molar-refractivity contribution in [2.24, 2.45) is 4.99 Å². The first-order chi connectivity index (χ1) is 9.53. The Morgan fingerprint density at radius 3 is 2.75 bits per heavy atom. The van der Waals surface area contributed by atoms with Gasteiger partial charge in [0.15, 0.2) is 5.96 Å². The van der Waals surface area contributed by atoms with E-state index < -0.39 is 10.0 Å². The number of nitrogens with one attached hydrogen (secondary N) is 3. The second-order valence-electron chi connectivity index (χ2n) is 3.95. The van der Waals surface area contributed by atoms with Crippen molar-refractivity contribution in [3.8, 4) is 0 Å². The highest BCUT2D eigenvalue weighted by Gasteiger charge is 2.11. The summed E-state index contributed by atoms with van der Waals surface area (Å²) in [5.74, 6) is 0.631. The Balaban J connectivity index is 2.74. The smallest absolute Gasteiger partial charge is 0.240 e. The van der Waals surface area contributed by atoms with E-state index in [2.05, 4.69) is 26.9 Å². The molecule has 0 heterocycles. The highest BCUT2D eigenvalue weighted by Crippen LogP contribution is 2.10. The van der Waals surface area contributed by atoms with Gasteiger partial charge in [-0.25, -0.2) is 13.1 Å². The van der Waals surface area contributed by atoms with Gasteiger partial charge < -0.3 is 10.6 Å². The number of benzene rings is 1. The third kappa shape index (κ3) is 4.67. The number of aliphatic imine (C=N–C) groups is 1. The summed E-state index contributed by atoms with van der Waals surface area (Å²) in [6, 6.07) is 6.74. The molecule has 0 atom stereocenters. The Hall–Kier alpha value is -1.86. The van der Waals surface area contributed by atoms with Crippen LogP contribution in [0.5, 0.6) is 0 Å². The van der Waals surface area contributed by atoms with Crippen molar-refractivity contribution in [2.45, 2.75) is 11.4 Å². The van der Waals surface area contributed by atoms with Gasteiger partial charge in [-0.2, -0.15) is 0 Å². The lowest BCUT2D eigenvalue weighted by atomic mass is 10.2. The first-order valence-electron chi connectivity index (χ1n) is 6.11. The molecule has 0 unspecified atom stereocenters. The van der Waals surface area contributed by atoms with Crippen LogP contribution in [0.25, 0.3) is 0 Å². The van der Waals surface area contributed by atoms with E-state index in [9.17, 15) is 8.42 Å². The van der Waals surface area contributed by atoms with E-state index in [0.29, 0.717) is 19.0 Å². The standard InChI is InChI=1S/C13H20N4O2S/c1-4-8-16-13(14-2)17-10-11-6-5-7-12(9-11)20(18,19)15-3/h4-7,9,15H,1,8,10H2,2-3H3,(H2,14,16,17). The van der Waals surface area contributed by atoms with Crippen LogP contribution in [0.15, 0.2) is 46.8 Å². The summed E-state index contributed by atoms with van der Waals surface area (Å²) >= 11 is 0. The van der Waals surface area contributed by atoms with Gasteiger partial charge in [0, 0.05) is 20.1 Å². The Morgan fingerprint density at radius 1 is 1.40 bits per heavy atom. The second-order valence-corrected chi connectivity index (χ2v) is 5.84. The highest BCUT2D eigenvalue weighted by atomic mass is 32.2. The van der Waals surface area contributed by atoms with Crippen LogP contribution in [-0.4, -0.2) is 35.0 Å². The molecule has 0 radical (unpaired) electrons. The Bertz CT molecular complexity index is 582. The molecule has 1 rings (SSSR count). The SMILES string of the molecule is C=CCNC(=NC)NCc1cccc(S(=O)(=O)NC)c1. The number of nitrogens with zero attached hydrogens (tertiary/aromatic N) is 1. The molecule has 7 heteroatoms. The van der Waals surface area contributed by atoms with E-state index in [0.717, 1.165) is 5.56 Å². The molecule has 0 bridgehead atoms. The number of hydrogen-bond acceptors (Lipinski definition) is 3. The molecule has 6 nitrogen and oxygen atoms in total. The van der Waals surface area contributed by atoms with Crippen LogP contribution in [-0.2, 0) is 16.6 Å². The van der Waals surface area contributed by atoms with Gasteiger partial charge in [-0.1, -0.05) is 18.2 Å². The molecule has 1 aromatic rings. The van der Waals surface area contributed by atoms with Crippen molar-refractivity contribution in [2.75, 3.05) is 20.6 Å². The average molecular weight is 296 g/mol. The molecule has 110 valence electrons. The zero-order valence-electron chi connectivity index (χ0n) is 11.7. The van der Waals surface area contributed by atoms with Crippen LogP contribution in [0.2, 0.25) is 0 Å². The molecule has 0 aliphatic rings. The normalized spacial score (nSPS) is 12.0. The van der Waals surface area contributed by atoms with E-state index in [1.165, 1.54) is 7.05 Å². The van der Waals surface area contributed by atoms with Gasteiger partial charge >= 0.3 is 0 Å². The van der Waals surface area contributed by atoms with Crippen molar-refractivity contribution in [3.63, 3.8) is 0 Å². The van der Waals surface area contributed by atoms with E-state index >= 15 is 0 Å². The van der Waals surface area contributed by atoms with Gasteiger partial charge in [0.05, 0.1) is 4.90 Å². The maximum Gasteiger partial charge on any atom is 0.240 e. The maximum atomic E-state index is 11.7.